The Morgan fingerprint density at radius 2 is 1.82 bits per heavy atom. The molecule has 0 spiro atoms. The van der Waals surface area contributed by atoms with Crippen LogP contribution < -0.4 is 0 Å². The van der Waals surface area contributed by atoms with Crippen molar-refractivity contribution in [3.8, 4) is 0 Å². The third-order valence-corrected chi connectivity index (χ3v) is 4.50. The summed E-state index contributed by atoms with van der Waals surface area (Å²) < 4.78 is 39.0. The fourth-order valence-electron chi connectivity index (χ4n) is 1.68. The monoisotopic (exact) mass is 257 g/mol. The van der Waals surface area contributed by atoms with Crippen molar-refractivity contribution < 1.29 is 13.2 Å². The number of halogens is 3. The molecule has 0 saturated carbocycles. The summed E-state index contributed by atoms with van der Waals surface area (Å²) in [5.74, 6) is 0. The van der Waals surface area contributed by atoms with Gasteiger partial charge in [-0.1, -0.05) is 19.1 Å². The molecule has 1 heterocycles. The number of thiophene rings is 1. The van der Waals surface area contributed by atoms with E-state index in [-0.39, 0.29) is 0 Å². The smallest absolute Gasteiger partial charge is 0.512 e. The zero-order valence-corrected chi connectivity index (χ0v) is 9.90. The molecule has 1 nitrogen and oxygen atoms in total. The minimum Gasteiger partial charge on any atom is -0.512 e. The molecule has 0 radical (unpaired) electrons. The van der Waals surface area contributed by atoms with Crippen LogP contribution in [-0.2, 0) is 11.9 Å². The van der Waals surface area contributed by atoms with E-state index in [0.29, 0.717) is 16.0 Å². The van der Waals surface area contributed by atoms with E-state index in [1.807, 2.05) is 0 Å². The Balaban J connectivity index is 0.000000686. The zero-order chi connectivity index (χ0) is 13.1. The molecule has 1 aromatic carbocycles. The van der Waals surface area contributed by atoms with Crippen LogP contribution >= 0.6 is 10.5 Å². The van der Waals surface area contributed by atoms with Gasteiger partial charge < -0.3 is 11.8 Å². The van der Waals surface area contributed by atoms with Crippen molar-refractivity contribution in [2.45, 2.75) is 18.9 Å². The van der Waals surface area contributed by atoms with E-state index in [0.717, 1.165) is 5.39 Å². The van der Waals surface area contributed by atoms with E-state index in [4.69, 9.17) is 11.8 Å². The topological polar surface area (TPSA) is 23.8 Å². The molecule has 0 saturated heterocycles. The molecule has 0 aliphatic rings. The Labute approximate surface area is 100 Å². The molecular weight excluding hydrogens is 247 g/mol. The van der Waals surface area contributed by atoms with Crippen LogP contribution in [0, 0.1) is 11.8 Å². The standard InChI is InChI=1S/C11H10F3S.CN/c1-2-9-7-8-5-3-4-6-10(8)15(9)11(12,13)14;1-2/h3-7H,2H2,1H3;/q+1;-1. The van der Waals surface area contributed by atoms with Gasteiger partial charge in [-0.15, -0.1) is 13.2 Å². The Bertz CT molecular complexity index is 525. The zero-order valence-electron chi connectivity index (χ0n) is 9.08. The molecule has 2 aromatic rings. The number of hydrogen-bond donors (Lipinski definition) is 0. The number of rotatable bonds is 1. The van der Waals surface area contributed by atoms with E-state index >= 15 is 0 Å². The molecule has 17 heavy (non-hydrogen) atoms. The second-order valence-corrected chi connectivity index (χ2v) is 5.29. The summed E-state index contributed by atoms with van der Waals surface area (Å²) in [6.07, 6.45) is 0.456. The minimum absolute atomic E-state index is 0.418. The Morgan fingerprint density at radius 1 is 1.24 bits per heavy atom. The lowest BCUT2D eigenvalue weighted by molar-refractivity contribution is -0.0867. The predicted molar refractivity (Wildman–Crippen MR) is 62.1 cm³/mol. The van der Waals surface area contributed by atoms with E-state index in [2.05, 4.69) is 0 Å². The van der Waals surface area contributed by atoms with Gasteiger partial charge in [-0.05, 0) is 12.1 Å². The summed E-state index contributed by atoms with van der Waals surface area (Å²) >= 11 is 0. The molecule has 0 amide bonds. The first-order valence-corrected chi connectivity index (χ1v) is 6.09. The van der Waals surface area contributed by atoms with Crippen LogP contribution in [0.4, 0.5) is 13.2 Å². The minimum atomic E-state index is -4.14. The molecule has 1 atom stereocenters. The van der Waals surface area contributed by atoms with Gasteiger partial charge in [-0.25, -0.2) is 0 Å². The van der Waals surface area contributed by atoms with Gasteiger partial charge >= 0.3 is 5.51 Å². The highest BCUT2D eigenvalue weighted by Gasteiger charge is 2.47. The molecule has 90 valence electrons. The third-order valence-electron chi connectivity index (χ3n) is 2.30. The van der Waals surface area contributed by atoms with E-state index in [1.165, 1.54) is 0 Å². The molecular formula is C12H10F3NS. The van der Waals surface area contributed by atoms with Crippen molar-refractivity contribution in [1.29, 1.82) is 5.26 Å². The first-order chi connectivity index (χ1) is 8.04. The van der Waals surface area contributed by atoms with Crippen LogP contribution in [0.25, 0.3) is 10.1 Å². The molecule has 1 aromatic heterocycles. The SMILES string of the molecule is CCc1cc2ccccc2[s+]1C(F)(F)F.[C-]#N. The third kappa shape index (κ3) is 2.59. The quantitative estimate of drug-likeness (QED) is 0.535. The lowest BCUT2D eigenvalue weighted by atomic mass is 10.2. The summed E-state index contributed by atoms with van der Waals surface area (Å²) in [7, 11) is -1.70. The molecule has 0 fully saturated rings. The lowest BCUT2D eigenvalue weighted by Gasteiger charge is -1.97. The number of hydrogen-bond acceptors (Lipinski definition) is 1. The van der Waals surface area contributed by atoms with Gasteiger partial charge in [0.15, 0.2) is 9.58 Å². The average Bonchev–Trinajstić information content (AvgIpc) is 2.69. The van der Waals surface area contributed by atoms with Crippen LogP contribution in [-0.4, -0.2) is 0 Å². The summed E-state index contributed by atoms with van der Waals surface area (Å²) in [6.45, 7) is 6.52. The van der Waals surface area contributed by atoms with Crippen molar-refractivity contribution in [3.63, 3.8) is 0 Å². The van der Waals surface area contributed by atoms with Crippen LogP contribution in [0.1, 0.15) is 11.8 Å². The lowest BCUT2D eigenvalue weighted by Crippen LogP contribution is -1.97. The molecule has 0 bridgehead atoms. The van der Waals surface area contributed by atoms with Crippen molar-refractivity contribution in [1.82, 2.24) is 0 Å². The van der Waals surface area contributed by atoms with Crippen LogP contribution in [0.5, 0.6) is 0 Å². The van der Waals surface area contributed by atoms with E-state index in [1.54, 1.807) is 37.3 Å². The largest absolute Gasteiger partial charge is 0.600 e. The number of benzene rings is 1. The first-order valence-electron chi connectivity index (χ1n) is 4.87. The van der Waals surface area contributed by atoms with Crippen molar-refractivity contribution >= 4 is 20.6 Å². The highest BCUT2D eigenvalue weighted by Crippen LogP contribution is 2.50. The van der Waals surface area contributed by atoms with Gasteiger partial charge in [0.2, 0.25) is 0 Å². The highest BCUT2D eigenvalue weighted by molar-refractivity contribution is 7.38. The van der Waals surface area contributed by atoms with Gasteiger partial charge in [-0.2, -0.15) is 0 Å². The van der Waals surface area contributed by atoms with Crippen molar-refractivity contribution in [2.24, 2.45) is 0 Å². The fourth-order valence-corrected chi connectivity index (χ4v) is 3.62. The maximum atomic E-state index is 12.8. The summed E-state index contributed by atoms with van der Waals surface area (Å²) in [4.78, 5) is 0.490. The van der Waals surface area contributed by atoms with E-state index in [9.17, 15) is 13.2 Å². The fraction of sp³-hybridized carbons (Fsp3) is 0.250. The van der Waals surface area contributed by atoms with Crippen LogP contribution in [0.15, 0.2) is 30.3 Å². The number of alkyl halides is 3. The second-order valence-electron chi connectivity index (χ2n) is 3.25. The van der Waals surface area contributed by atoms with E-state index < -0.39 is 16.0 Å². The number of aryl methyl sites for hydroxylation is 1. The summed E-state index contributed by atoms with van der Waals surface area (Å²) in [5.41, 5.74) is -4.14. The molecule has 0 aliphatic heterocycles. The highest BCUT2D eigenvalue weighted by atomic mass is 32.2. The second kappa shape index (κ2) is 5.19. The van der Waals surface area contributed by atoms with Crippen molar-refractivity contribution in [3.05, 3.63) is 41.8 Å². The predicted octanol–water partition coefficient (Wildman–Crippen LogP) is 4.72. The van der Waals surface area contributed by atoms with Crippen LogP contribution in [0.2, 0.25) is 0 Å². The first kappa shape index (κ1) is 13.5. The molecule has 5 heteroatoms. The molecule has 0 N–H and O–H groups in total. The Morgan fingerprint density at radius 3 is 2.35 bits per heavy atom. The maximum absolute atomic E-state index is 12.8. The molecule has 1 unspecified atom stereocenters. The van der Waals surface area contributed by atoms with Gasteiger partial charge in [0.25, 0.3) is 0 Å². The Kier molecular flexibility index (Phi) is 4.13. The maximum Gasteiger partial charge on any atom is 0.600 e. The average molecular weight is 257 g/mol. The molecule has 0 aliphatic carbocycles. The summed E-state index contributed by atoms with van der Waals surface area (Å²) in [6, 6.07) is 8.42. The molecule has 2 rings (SSSR count). The van der Waals surface area contributed by atoms with Gasteiger partial charge in [0.1, 0.15) is 0 Å². The van der Waals surface area contributed by atoms with Gasteiger partial charge in [0.05, 0.1) is 10.5 Å². The van der Waals surface area contributed by atoms with Gasteiger partial charge in [-0.3, -0.25) is 0 Å². The normalized spacial score (nSPS) is 12.0. The summed E-state index contributed by atoms with van der Waals surface area (Å²) in [5, 5.41) is 6.97. The van der Waals surface area contributed by atoms with Crippen molar-refractivity contribution in [2.75, 3.05) is 0 Å². The Hall–Kier alpha value is -1.54. The van der Waals surface area contributed by atoms with Gasteiger partial charge in [0, 0.05) is 17.9 Å². The van der Waals surface area contributed by atoms with Crippen LogP contribution in [0.3, 0.4) is 0 Å². The number of fused-ring (bicyclic) bond motifs is 1. The number of nitrogens with zero attached hydrogens (tertiary/aromatic N) is 1.